The number of benzene rings is 1. The third-order valence-electron chi connectivity index (χ3n) is 3.84. The molecule has 0 atom stereocenters. The topological polar surface area (TPSA) is 77.0 Å². The summed E-state index contributed by atoms with van der Waals surface area (Å²) in [6.45, 7) is 3.98. The van der Waals surface area contributed by atoms with Gasteiger partial charge < -0.3 is 24.8 Å². The highest BCUT2D eigenvalue weighted by Gasteiger charge is 2.05. The largest absolute Gasteiger partial charge is 0.493 e. The smallest absolute Gasteiger partial charge is 0.213 e. The molecule has 2 N–H and O–H groups in total. The van der Waals surface area contributed by atoms with Gasteiger partial charge in [-0.25, -0.2) is 4.98 Å². The first-order chi connectivity index (χ1) is 13.2. The van der Waals surface area contributed by atoms with E-state index < -0.39 is 0 Å². The first-order valence-corrected chi connectivity index (χ1v) is 8.93. The fraction of sp³-hybridized carbons (Fsp3) is 0.400. The minimum absolute atomic E-state index is 0.613. The van der Waals surface area contributed by atoms with Gasteiger partial charge in [-0.05, 0) is 29.7 Å². The predicted octanol–water partition coefficient (Wildman–Crippen LogP) is 2.75. The number of pyridine rings is 1. The van der Waals surface area contributed by atoms with Gasteiger partial charge in [-0.3, -0.25) is 4.99 Å². The van der Waals surface area contributed by atoms with Crippen molar-refractivity contribution in [3.63, 3.8) is 0 Å². The Hall–Kier alpha value is -2.96. The highest BCUT2D eigenvalue weighted by Crippen LogP contribution is 2.27. The lowest BCUT2D eigenvalue weighted by atomic mass is 10.2. The van der Waals surface area contributed by atoms with E-state index in [-0.39, 0.29) is 0 Å². The minimum atomic E-state index is 0.613. The monoisotopic (exact) mass is 372 g/mol. The van der Waals surface area contributed by atoms with Gasteiger partial charge in [-0.1, -0.05) is 19.1 Å². The lowest BCUT2D eigenvalue weighted by Gasteiger charge is -2.13. The van der Waals surface area contributed by atoms with Crippen molar-refractivity contribution in [2.45, 2.75) is 26.4 Å². The molecule has 0 bridgehead atoms. The van der Waals surface area contributed by atoms with Gasteiger partial charge in [-0.15, -0.1) is 0 Å². The van der Waals surface area contributed by atoms with Gasteiger partial charge in [0.25, 0.3) is 0 Å². The number of aliphatic imine (C=N–C) groups is 1. The van der Waals surface area contributed by atoms with Crippen LogP contribution in [-0.4, -0.2) is 38.8 Å². The Labute approximate surface area is 160 Å². The van der Waals surface area contributed by atoms with Gasteiger partial charge in [0.1, 0.15) is 0 Å². The van der Waals surface area contributed by atoms with Crippen LogP contribution in [0.15, 0.2) is 41.5 Å². The van der Waals surface area contributed by atoms with Crippen LogP contribution in [0.4, 0.5) is 0 Å². The van der Waals surface area contributed by atoms with Crippen molar-refractivity contribution in [1.82, 2.24) is 15.6 Å². The van der Waals surface area contributed by atoms with E-state index in [0.717, 1.165) is 17.5 Å². The van der Waals surface area contributed by atoms with Crippen LogP contribution >= 0.6 is 0 Å². The van der Waals surface area contributed by atoms with Crippen LogP contribution in [0.25, 0.3) is 0 Å². The van der Waals surface area contributed by atoms with Gasteiger partial charge in [0.15, 0.2) is 17.5 Å². The van der Waals surface area contributed by atoms with E-state index >= 15 is 0 Å². The zero-order valence-corrected chi connectivity index (χ0v) is 16.4. The number of methoxy groups -OCH3 is 2. The zero-order chi connectivity index (χ0) is 19.5. The highest BCUT2D eigenvalue weighted by molar-refractivity contribution is 5.79. The average Bonchev–Trinajstić information content (AvgIpc) is 2.72. The van der Waals surface area contributed by atoms with Gasteiger partial charge in [0.2, 0.25) is 5.88 Å². The quantitative estimate of drug-likeness (QED) is 0.521. The summed E-state index contributed by atoms with van der Waals surface area (Å²) in [5.41, 5.74) is 2.11. The van der Waals surface area contributed by atoms with Crippen molar-refractivity contribution < 1.29 is 14.2 Å². The van der Waals surface area contributed by atoms with Gasteiger partial charge in [0.05, 0.1) is 20.8 Å². The van der Waals surface area contributed by atoms with E-state index in [2.05, 4.69) is 27.5 Å². The molecule has 0 fully saturated rings. The maximum atomic E-state index is 5.49. The molecule has 1 aromatic heterocycles. The van der Waals surface area contributed by atoms with Crippen LogP contribution in [0.1, 0.15) is 24.5 Å². The Morgan fingerprint density at radius 1 is 1.00 bits per heavy atom. The fourth-order valence-electron chi connectivity index (χ4n) is 2.39. The van der Waals surface area contributed by atoms with Crippen LogP contribution in [0.5, 0.6) is 17.4 Å². The van der Waals surface area contributed by atoms with Crippen molar-refractivity contribution >= 4 is 5.96 Å². The molecule has 27 heavy (non-hydrogen) atoms. The second-order valence-corrected chi connectivity index (χ2v) is 5.82. The fourth-order valence-corrected chi connectivity index (χ4v) is 2.39. The summed E-state index contributed by atoms with van der Waals surface area (Å²) in [6.07, 6.45) is 2.77. The number of rotatable bonds is 9. The van der Waals surface area contributed by atoms with E-state index in [0.29, 0.717) is 43.0 Å². The van der Waals surface area contributed by atoms with E-state index in [1.165, 1.54) is 0 Å². The van der Waals surface area contributed by atoms with Crippen LogP contribution in [0, 0.1) is 0 Å². The molecule has 7 nitrogen and oxygen atoms in total. The molecule has 0 spiro atoms. The van der Waals surface area contributed by atoms with Gasteiger partial charge in [0, 0.05) is 32.4 Å². The molecular formula is C20H28N4O3. The van der Waals surface area contributed by atoms with Crippen LogP contribution in [0.3, 0.4) is 0 Å². The number of aromatic nitrogens is 1. The van der Waals surface area contributed by atoms with E-state index in [9.17, 15) is 0 Å². The third kappa shape index (κ3) is 6.36. The van der Waals surface area contributed by atoms with Crippen molar-refractivity contribution in [1.29, 1.82) is 0 Å². The Morgan fingerprint density at radius 3 is 2.30 bits per heavy atom. The molecule has 0 saturated heterocycles. The molecule has 7 heteroatoms. The number of nitrogens with zero attached hydrogens (tertiary/aromatic N) is 2. The van der Waals surface area contributed by atoms with E-state index in [1.54, 1.807) is 27.5 Å². The molecular weight excluding hydrogens is 344 g/mol. The highest BCUT2D eigenvalue weighted by atomic mass is 16.5. The Kier molecular flexibility index (Phi) is 8.22. The van der Waals surface area contributed by atoms with Crippen molar-refractivity contribution in [2.24, 2.45) is 4.99 Å². The summed E-state index contributed by atoms with van der Waals surface area (Å²) < 4.78 is 16.1. The van der Waals surface area contributed by atoms with Crippen molar-refractivity contribution in [3.05, 3.63) is 47.7 Å². The van der Waals surface area contributed by atoms with E-state index in [1.807, 2.05) is 30.3 Å². The van der Waals surface area contributed by atoms with Gasteiger partial charge in [-0.2, -0.15) is 0 Å². The molecule has 146 valence electrons. The molecule has 0 aliphatic heterocycles. The number of ether oxygens (including phenoxy) is 3. The molecule has 0 aliphatic rings. The zero-order valence-electron chi connectivity index (χ0n) is 16.4. The molecule has 1 aromatic carbocycles. The molecule has 0 unspecified atom stereocenters. The number of nitrogens with one attached hydrogen (secondary N) is 2. The normalized spacial score (nSPS) is 11.0. The van der Waals surface area contributed by atoms with Crippen molar-refractivity contribution in [3.8, 4) is 17.4 Å². The molecule has 1 heterocycles. The lowest BCUT2D eigenvalue weighted by Crippen LogP contribution is -2.36. The summed E-state index contributed by atoms with van der Waals surface area (Å²) in [4.78, 5) is 8.55. The molecule has 2 aromatic rings. The average molecular weight is 372 g/mol. The van der Waals surface area contributed by atoms with Gasteiger partial charge >= 0.3 is 0 Å². The maximum absolute atomic E-state index is 5.49. The number of hydrogen-bond donors (Lipinski definition) is 2. The van der Waals surface area contributed by atoms with Crippen LogP contribution in [0.2, 0.25) is 0 Å². The molecule has 0 aliphatic carbocycles. The molecule has 0 saturated carbocycles. The second kappa shape index (κ2) is 10.9. The maximum Gasteiger partial charge on any atom is 0.213 e. The number of guanidine groups is 1. The van der Waals surface area contributed by atoms with Crippen LogP contribution < -0.4 is 24.8 Å². The first-order valence-electron chi connectivity index (χ1n) is 8.93. The summed E-state index contributed by atoms with van der Waals surface area (Å²) in [6, 6.07) is 9.69. The standard InChI is InChI=1S/C20H28N4O3/c1-5-10-27-19-9-7-16(13-22-19)14-24-20(21-2)23-12-15-6-8-17(25-3)18(11-15)26-4/h6-9,11,13H,5,10,12,14H2,1-4H3,(H2,21,23,24). The first kappa shape index (κ1) is 20.4. The SMILES string of the molecule is CCCOc1ccc(CNC(=NC)NCc2ccc(OC)c(OC)c2)cn1. The lowest BCUT2D eigenvalue weighted by molar-refractivity contribution is 0.305. The minimum Gasteiger partial charge on any atom is -0.493 e. The third-order valence-corrected chi connectivity index (χ3v) is 3.84. The summed E-state index contributed by atoms with van der Waals surface area (Å²) in [7, 11) is 4.99. The second-order valence-electron chi connectivity index (χ2n) is 5.82. The summed E-state index contributed by atoms with van der Waals surface area (Å²) in [5.74, 6) is 2.77. The molecule has 0 radical (unpaired) electrons. The van der Waals surface area contributed by atoms with Crippen molar-refractivity contribution in [2.75, 3.05) is 27.9 Å². The Bertz CT molecular complexity index is 733. The van der Waals surface area contributed by atoms with Crippen LogP contribution in [-0.2, 0) is 13.1 Å². The predicted molar refractivity (Wildman–Crippen MR) is 107 cm³/mol. The Morgan fingerprint density at radius 2 is 1.70 bits per heavy atom. The molecule has 2 rings (SSSR count). The summed E-state index contributed by atoms with van der Waals surface area (Å²) in [5, 5.41) is 6.55. The Balaban J connectivity index is 1.85. The number of hydrogen-bond acceptors (Lipinski definition) is 5. The molecule has 0 amide bonds. The summed E-state index contributed by atoms with van der Waals surface area (Å²) >= 11 is 0. The van der Waals surface area contributed by atoms with E-state index in [4.69, 9.17) is 14.2 Å².